The number of rotatable bonds is 3. The van der Waals surface area contributed by atoms with Gasteiger partial charge in [-0.3, -0.25) is 0 Å². The summed E-state index contributed by atoms with van der Waals surface area (Å²) in [4.78, 5) is 25.0. The molecule has 0 aromatic heterocycles. The van der Waals surface area contributed by atoms with Gasteiger partial charge in [0.05, 0.1) is 6.54 Å². The van der Waals surface area contributed by atoms with Gasteiger partial charge in [-0.25, -0.2) is 9.59 Å². The van der Waals surface area contributed by atoms with Crippen LogP contribution in [0.2, 0.25) is 0 Å². The van der Waals surface area contributed by atoms with Gasteiger partial charge in [-0.05, 0) is 45.7 Å². The predicted molar refractivity (Wildman–Crippen MR) is 84.9 cm³/mol. The Morgan fingerprint density at radius 3 is 2.61 bits per heavy atom. The van der Waals surface area contributed by atoms with Crippen molar-refractivity contribution in [1.82, 2.24) is 4.90 Å². The summed E-state index contributed by atoms with van der Waals surface area (Å²) >= 11 is 0. The number of nitrogens with zero attached hydrogens (tertiary/aromatic N) is 1. The largest absolute Gasteiger partial charge is 0.488 e. The second kappa shape index (κ2) is 6.89. The van der Waals surface area contributed by atoms with Crippen molar-refractivity contribution in [1.29, 1.82) is 0 Å². The zero-order chi connectivity index (χ0) is 17.0. The first-order valence-corrected chi connectivity index (χ1v) is 7.73. The molecule has 1 fully saturated rings. The highest BCUT2D eigenvalue weighted by atomic mass is 16.6. The smallest absolute Gasteiger partial charge is 0.410 e. The van der Waals surface area contributed by atoms with E-state index in [1.807, 2.05) is 20.8 Å². The van der Waals surface area contributed by atoms with E-state index in [9.17, 15) is 14.7 Å². The molecule has 6 heteroatoms. The van der Waals surface area contributed by atoms with Gasteiger partial charge >= 0.3 is 12.1 Å². The van der Waals surface area contributed by atoms with Gasteiger partial charge in [0.25, 0.3) is 0 Å². The fourth-order valence-electron chi connectivity index (χ4n) is 2.45. The molecule has 23 heavy (non-hydrogen) atoms. The Kier molecular flexibility index (Phi) is 5.13. The van der Waals surface area contributed by atoms with Crippen LogP contribution in [-0.2, 0) is 4.74 Å². The van der Waals surface area contributed by atoms with Crippen molar-refractivity contribution >= 4 is 12.1 Å². The average Bonchev–Trinajstić information content (AvgIpc) is 2.46. The van der Waals surface area contributed by atoms with Crippen LogP contribution in [0.5, 0.6) is 5.75 Å². The maximum Gasteiger partial charge on any atom is 0.410 e. The van der Waals surface area contributed by atoms with Crippen LogP contribution in [0.4, 0.5) is 4.79 Å². The minimum absolute atomic E-state index is 0.127. The standard InChI is InChI=1S/C17H23NO5/c1-17(2,3)23-16(21)18-10-6-7-12(11-18)22-14-9-5-4-8-13(14)15(19)20/h4-5,8-9,12H,6-7,10-11H2,1-3H3,(H,19,20). The molecular formula is C17H23NO5. The Morgan fingerprint density at radius 2 is 1.96 bits per heavy atom. The Balaban J connectivity index is 2.02. The van der Waals surface area contributed by atoms with Crippen LogP contribution in [0.1, 0.15) is 44.0 Å². The quantitative estimate of drug-likeness (QED) is 0.925. The monoisotopic (exact) mass is 321 g/mol. The summed E-state index contributed by atoms with van der Waals surface area (Å²) in [5, 5.41) is 9.20. The van der Waals surface area contributed by atoms with Crippen molar-refractivity contribution in [3.8, 4) is 5.75 Å². The number of para-hydroxylation sites is 1. The number of hydrogen-bond acceptors (Lipinski definition) is 4. The van der Waals surface area contributed by atoms with E-state index in [1.54, 1.807) is 23.1 Å². The van der Waals surface area contributed by atoms with E-state index in [4.69, 9.17) is 9.47 Å². The van der Waals surface area contributed by atoms with E-state index in [0.29, 0.717) is 18.8 Å². The summed E-state index contributed by atoms with van der Waals surface area (Å²) in [7, 11) is 0. The van der Waals surface area contributed by atoms with E-state index in [0.717, 1.165) is 12.8 Å². The van der Waals surface area contributed by atoms with Crippen LogP contribution in [0.15, 0.2) is 24.3 Å². The molecule has 6 nitrogen and oxygen atoms in total. The Labute approximate surface area is 136 Å². The highest BCUT2D eigenvalue weighted by molar-refractivity contribution is 5.90. The lowest BCUT2D eigenvalue weighted by atomic mass is 10.1. The van der Waals surface area contributed by atoms with Gasteiger partial charge < -0.3 is 19.5 Å². The maximum absolute atomic E-state index is 12.1. The third kappa shape index (κ3) is 4.87. The van der Waals surface area contributed by atoms with Crippen molar-refractivity contribution in [2.45, 2.75) is 45.3 Å². The first kappa shape index (κ1) is 17.1. The van der Waals surface area contributed by atoms with E-state index < -0.39 is 11.6 Å². The van der Waals surface area contributed by atoms with Crippen molar-refractivity contribution in [3.63, 3.8) is 0 Å². The Bertz CT molecular complexity index is 579. The molecule has 1 amide bonds. The maximum atomic E-state index is 12.1. The number of carbonyl (C=O) groups is 2. The molecule has 1 unspecified atom stereocenters. The summed E-state index contributed by atoms with van der Waals surface area (Å²) in [6, 6.07) is 6.53. The van der Waals surface area contributed by atoms with Gasteiger partial charge in [0.1, 0.15) is 23.0 Å². The third-order valence-corrected chi connectivity index (χ3v) is 3.44. The zero-order valence-electron chi connectivity index (χ0n) is 13.7. The predicted octanol–water partition coefficient (Wildman–Crippen LogP) is 3.16. The molecule has 0 aliphatic carbocycles. The molecule has 2 rings (SSSR count). The molecule has 1 saturated heterocycles. The number of aromatic carboxylic acids is 1. The number of piperidine rings is 1. The van der Waals surface area contributed by atoms with Gasteiger partial charge in [-0.1, -0.05) is 12.1 Å². The van der Waals surface area contributed by atoms with E-state index in [2.05, 4.69) is 0 Å². The lowest BCUT2D eigenvalue weighted by Crippen LogP contribution is -2.46. The van der Waals surface area contributed by atoms with Crippen molar-refractivity contribution in [2.24, 2.45) is 0 Å². The first-order chi connectivity index (χ1) is 10.8. The molecule has 1 aliphatic heterocycles. The van der Waals surface area contributed by atoms with Crippen LogP contribution in [0.3, 0.4) is 0 Å². The molecule has 1 atom stereocenters. The molecule has 0 spiro atoms. The van der Waals surface area contributed by atoms with Crippen molar-refractivity contribution in [3.05, 3.63) is 29.8 Å². The van der Waals surface area contributed by atoms with Crippen molar-refractivity contribution in [2.75, 3.05) is 13.1 Å². The minimum atomic E-state index is -1.03. The molecule has 1 heterocycles. The number of ether oxygens (including phenoxy) is 2. The molecular weight excluding hydrogens is 298 g/mol. The Morgan fingerprint density at radius 1 is 1.26 bits per heavy atom. The number of amides is 1. The summed E-state index contributed by atoms with van der Waals surface area (Å²) in [6.45, 7) is 6.49. The first-order valence-electron chi connectivity index (χ1n) is 7.73. The second-order valence-electron chi connectivity index (χ2n) is 6.61. The second-order valence-corrected chi connectivity index (χ2v) is 6.61. The summed E-state index contributed by atoms with van der Waals surface area (Å²) in [6.07, 6.45) is 0.959. The third-order valence-electron chi connectivity index (χ3n) is 3.44. The molecule has 1 N–H and O–H groups in total. The number of benzene rings is 1. The fraction of sp³-hybridized carbons (Fsp3) is 0.529. The number of carboxylic acid groups (broad SMARTS) is 1. The minimum Gasteiger partial charge on any atom is -0.488 e. The van der Waals surface area contributed by atoms with E-state index >= 15 is 0 Å². The number of carbonyl (C=O) groups excluding carboxylic acids is 1. The summed E-state index contributed by atoms with van der Waals surface area (Å²) in [5.74, 6) is -0.698. The summed E-state index contributed by atoms with van der Waals surface area (Å²) in [5.41, 5.74) is -0.414. The highest BCUT2D eigenvalue weighted by Gasteiger charge is 2.29. The van der Waals surface area contributed by atoms with Gasteiger partial charge in [-0.2, -0.15) is 0 Å². The fourth-order valence-corrected chi connectivity index (χ4v) is 2.45. The van der Waals surface area contributed by atoms with Gasteiger partial charge in [0.2, 0.25) is 0 Å². The van der Waals surface area contributed by atoms with Gasteiger partial charge in [0.15, 0.2) is 0 Å². The Hall–Kier alpha value is -2.24. The van der Waals surface area contributed by atoms with Crippen LogP contribution in [0, 0.1) is 0 Å². The number of hydrogen-bond donors (Lipinski definition) is 1. The normalized spacial score (nSPS) is 18.4. The number of carboxylic acids is 1. The molecule has 1 aliphatic rings. The zero-order valence-corrected chi connectivity index (χ0v) is 13.7. The van der Waals surface area contributed by atoms with Gasteiger partial charge in [0, 0.05) is 6.54 Å². The molecule has 126 valence electrons. The van der Waals surface area contributed by atoms with Crippen LogP contribution in [0.25, 0.3) is 0 Å². The van der Waals surface area contributed by atoms with Crippen molar-refractivity contribution < 1.29 is 24.2 Å². The van der Waals surface area contributed by atoms with E-state index in [1.165, 1.54) is 6.07 Å². The van der Waals surface area contributed by atoms with Crippen LogP contribution >= 0.6 is 0 Å². The lowest BCUT2D eigenvalue weighted by Gasteiger charge is -2.34. The lowest BCUT2D eigenvalue weighted by molar-refractivity contribution is 0.00749. The molecule has 1 aromatic rings. The molecule has 0 saturated carbocycles. The molecule has 1 aromatic carbocycles. The van der Waals surface area contributed by atoms with E-state index in [-0.39, 0.29) is 17.8 Å². The topological polar surface area (TPSA) is 76.1 Å². The van der Waals surface area contributed by atoms with Crippen LogP contribution < -0.4 is 4.74 Å². The van der Waals surface area contributed by atoms with Gasteiger partial charge in [-0.15, -0.1) is 0 Å². The average molecular weight is 321 g/mol. The highest BCUT2D eigenvalue weighted by Crippen LogP contribution is 2.23. The summed E-state index contributed by atoms with van der Waals surface area (Å²) < 4.78 is 11.2. The number of likely N-dealkylation sites (tertiary alicyclic amines) is 1. The molecule has 0 radical (unpaired) electrons. The SMILES string of the molecule is CC(C)(C)OC(=O)N1CCCC(Oc2ccccc2C(=O)O)C1. The van der Waals surface area contributed by atoms with Crippen LogP contribution in [-0.4, -0.2) is 46.9 Å². The molecule has 0 bridgehead atoms.